The van der Waals surface area contributed by atoms with Gasteiger partial charge >= 0.3 is 11.9 Å². The molecule has 0 unspecified atom stereocenters. The SMILES string of the molecule is Cc1c(COc2ccc(CN3CCCC[C@H]3C(=O)O)cc2C(F)F)cccc1-c1cccc(COc2ccc(CN3CCCC[C@H]3C(=O)O)cc2C(F)F)c1C. The molecule has 4 aromatic rings. The summed E-state index contributed by atoms with van der Waals surface area (Å²) in [5.74, 6) is -1.69. The van der Waals surface area contributed by atoms with Crippen LogP contribution in [0.5, 0.6) is 11.5 Å². The Morgan fingerprint density at radius 2 is 1.05 bits per heavy atom. The zero-order chi connectivity index (χ0) is 39.9. The minimum Gasteiger partial charge on any atom is -0.488 e. The van der Waals surface area contributed by atoms with Crippen molar-refractivity contribution >= 4 is 11.9 Å². The normalized spacial score (nSPS) is 18.0. The first kappa shape index (κ1) is 40.7. The van der Waals surface area contributed by atoms with E-state index in [2.05, 4.69) is 0 Å². The van der Waals surface area contributed by atoms with E-state index in [1.165, 1.54) is 24.3 Å². The molecule has 0 aliphatic carbocycles. The largest absolute Gasteiger partial charge is 0.488 e. The number of alkyl halides is 4. The van der Waals surface area contributed by atoms with Crippen LogP contribution in [-0.2, 0) is 35.9 Å². The van der Waals surface area contributed by atoms with Crippen molar-refractivity contribution in [2.24, 2.45) is 0 Å². The Bertz CT molecular complexity index is 1880. The lowest BCUT2D eigenvalue weighted by Gasteiger charge is -2.33. The van der Waals surface area contributed by atoms with Crippen LogP contribution in [0, 0.1) is 13.8 Å². The number of aliphatic carboxylic acids is 2. The average molecular weight is 777 g/mol. The molecular formula is C44H48F4N2O6. The number of rotatable bonds is 15. The standard InChI is InChI=1S/C44H48F4N2O6/c1-27-31(25-55-39-17-15-29(21-35(39)41(45)46)23-49-19-5-3-13-37(49)43(51)52)9-7-11-33(27)34-12-8-10-32(28(34)2)26-56-40-18-16-30(22-36(40)42(47)48)24-50-20-6-4-14-38(50)44(53)54/h7-12,15-18,21-22,37-38,41-42H,3-6,13-14,19-20,23-26H2,1-2H3,(H,51,52)(H,53,54)/t37-,38-/m0/s1. The number of carboxylic acids is 2. The molecule has 0 saturated carbocycles. The first-order valence-electron chi connectivity index (χ1n) is 19.1. The summed E-state index contributed by atoms with van der Waals surface area (Å²) in [6, 6.07) is 19.4. The molecule has 0 amide bonds. The molecule has 4 aromatic carbocycles. The Morgan fingerprint density at radius 1 is 0.643 bits per heavy atom. The van der Waals surface area contributed by atoms with Gasteiger partial charge in [-0.25, -0.2) is 17.6 Å². The van der Waals surface area contributed by atoms with E-state index in [9.17, 15) is 37.4 Å². The van der Waals surface area contributed by atoms with Crippen molar-refractivity contribution in [3.8, 4) is 22.6 Å². The highest BCUT2D eigenvalue weighted by molar-refractivity contribution is 5.74. The van der Waals surface area contributed by atoms with Gasteiger partial charge in [0, 0.05) is 13.1 Å². The number of likely N-dealkylation sites (tertiary alicyclic amines) is 2. The fourth-order valence-electron chi connectivity index (χ4n) is 7.96. The second kappa shape index (κ2) is 18.3. The van der Waals surface area contributed by atoms with Gasteiger partial charge in [0.15, 0.2) is 0 Å². The van der Waals surface area contributed by atoms with Crippen LogP contribution in [0.1, 0.15) is 95.9 Å². The number of nitrogens with zero attached hydrogens (tertiary/aromatic N) is 2. The van der Waals surface area contributed by atoms with Gasteiger partial charge in [0.1, 0.15) is 36.8 Å². The Kier molecular flexibility index (Phi) is 13.3. The molecule has 2 saturated heterocycles. The van der Waals surface area contributed by atoms with Gasteiger partial charge < -0.3 is 19.7 Å². The number of carbonyl (C=O) groups is 2. The molecule has 0 spiro atoms. The zero-order valence-electron chi connectivity index (χ0n) is 31.7. The number of halogens is 4. The van der Waals surface area contributed by atoms with Crippen LogP contribution in [0.4, 0.5) is 17.6 Å². The highest BCUT2D eigenvalue weighted by atomic mass is 19.3. The van der Waals surface area contributed by atoms with Crippen LogP contribution in [-0.4, -0.2) is 57.1 Å². The van der Waals surface area contributed by atoms with Crippen LogP contribution in [0.25, 0.3) is 11.1 Å². The molecule has 2 N–H and O–H groups in total. The molecule has 0 bridgehead atoms. The van der Waals surface area contributed by atoms with Gasteiger partial charge in [-0.15, -0.1) is 0 Å². The number of piperidine rings is 2. The molecule has 0 radical (unpaired) electrons. The molecule has 6 rings (SSSR count). The highest BCUT2D eigenvalue weighted by Crippen LogP contribution is 2.36. The molecule has 2 heterocycles. The highest BCUT2D eigenvalue weighted by Gasteiger charge is 2.30. The van der Waals surface area contributed by atoms with E-state index in [4.69, 9.17) is 9.47 Å². The minimum atomic E-state index is -2.79. The summed E-state index contributed by atoms with van der Waals surface area (Å²) in [6.07, 6.45) is -1.15. The third kappa shape index (κ3) is 9.53. The summed E-state index contributed by atoms with van der Waals surface area (Å²) < 4.78 is 69.1. The number of hydrogen-bond donors (Lipinski definition) is 2. The monoisotopic (exact) mass is 776 g/mol. The third-order valence-electron chi connectivity index (χ3n) is 11.1. The minimum absolute atomic E-state index is 0.0366. The molecule has 298 valence electrons. The van der Waals surface area contributed by atoms with Crippen LogP contribution < -0.4 is 9.47 Å². The Hall–Kier alpha value is -4.94. The maximum atomic E-state index is 14.3. The van der Waals surface area contributed by atoms with Crippen LogP contribution in [0.3, 0.4) is 0 Å². The molecule has 2 aliphatic heterocycles. The van der Waals surface area contributed by atoms with E-state index >= 15 is 0 Å². The molecular weight excluding hydrogens is 728 g/mol. The number of carboxylic acid groups (broad SMARTS) is 2. The van der Waals surface area contributed by atoms with Crippen molar-refractivity contribution in [3.63, 3.8) is 0 Å². The Morgan fingerprint density at radius 3 is 1.43 bits per heavy atom. The van der Waals surface area contributed by atoms with Gasteiger partial charge in [-0.05, 0) is 121 Å². The van der Waals surface area contributed by atoms with E-state index < -0.39 is 36.9 Å². The number of ether oxygens (including phenoxy) is 2. The first-order chi connectivity index (χ1) is 26.9. The lowest BCUT2D eigenvalue weighted by atomic mass is 9.92. The lowest BCUT2D eigenvalue weighted by molar-refractivity contribution is -0.145. The molecule has 2 fully saturated rings. The summed E-state index contributed by atoms with van der Waals surface area (Å²) in [6.45, 7) is 5.65. The zero-order valence-corrected chi connectivity index (χ0v) is 31.7. The van der Waals surface area contributed by atoms with Crippen molar-refractivity contribution in [3.05, 3.63) is 117 Å². The van der Waals surface area contributed by atoms with Gasteiger partial charge in [-0.1, -0.05) is 61.4 Å². The van der Waals surface area contributed by atoms with Crippen molar-refractivity contribution in [1.82, 2.24) is 9.80 Å². The molecule has 2 aliphatic rings. The van der Waals surface area contributed by atoms with Crippen LogP contribution >= 0.6 is 0 Å². The van der Waals surface area contributed by atoms with E-state index in [0.717, 1.165) is 59.1 Å². The summed E-state index contributed by atoms with van der Waals surface area (Å²) >= 11 is 0. The summed E-state index contributed by atoms with van der Waals surface area (Å²) in [4.78, 5) is 27.1. The lowest BCUT2D eigenvalue weighted by Crippen LogP contribution is -2.44. The van der Waals surface area contributed by atoms with Gasteiger partial charge in [0.25, 0.3) is 12.9 Å². The Balaban J connectivity index is 1.15. The van der Waals surface area contributed by atoms with Crippen LogP contribution in [0.15, 0.2) is 72.8 Å². The van der Waals surface area contributed by atoms with Crippen molar-refractivity contribution < 1.29 is 46.8 Å². The number of hydrogen-bond acceptors (Lipinski definition) is 6. The van der Waals surface area contributed by atoms with Crippen molar-refractivity contribution in [1.29, 1.82) is 0 Å². The van der Waals surface area contributed by atoms with E-state index in [0.29, 0.717) is 37.1 Å². The predicted octanol–water partition coefficient (Wildman–Crippen LogP) is 9.88. The van der Waals surface area contributed by atoms with E-state index in [1.54, 1.807) is 12.1 Å². The topological polar surface area (TPSA) is 99.5 Å². The fourth-order valence-corrected chi connectivity index (χ4v) is 7.96. The van der Waals surface area contributed by atoms with Gasteiger partial charge in [-0.2, -0.15) is 0 Å². The quantitative estimate of drug-likeness (QED) is 0.115. The van der Waals surface area contributed by atoms with Gasteiger partial charge in [0.2, 0.25) is 0 Å². The average Bonchev–Trinajstić information content (AvgIpc) is 3.18. The molecule has 56 heavy (non-hydrogen) atoms. The summed E-state index contributed by atoms with van der Waals surface area (Å²) in [5, 5.41) is 19.3. The molecule has 12 heteroatoms. The number of benzene rings is 4. The maximum absolute atomic E-state index is 14.3. The van der Waals surface area contributed by atoms with E-state index in [1.807, 2.05) is 60.0 Å². The van der Waals surface area contributed by atoms with Crippen molar-refractivity contribution in [2.45, 2.75) is 104 Å². The van der Waals surface area contributed by atoms with Gasteiger partial charge in [0.05, 0.1) is 11.1 Å². The van der Waals surface area contributed by atoms with E-state index in [-0.39, 0.29) is 48.9 Å². The molecule has 8 nitrogen and oxygen atoms in total. The smallest absolute Gasteiger partial charge is 0.320 e. The first-order valence-corrected chi connectivity index (χ1v) is 19.1. The second-order valence-electron chi connectivity index (χ2n) is 14.7. The maximum Gasteiger partial charge on any atom is 0.320 e. The van der Waals surface area contributed by atoms with Gasteiger partial charge in [-0.3, -0.25) is 19.4 Å². The molecule has 0 aromatic heterocycles. The summed E-state index contributed by atoms with van der Waals surface area (Å²) in [7, 11) is 0. The summed E-state index contributed by atoms with van der Waals surface area (Å²) in [5.41, 5.74) is 5.89. The predicted molar refractivity (Wildman–Crippen MR) is 204 cm³/mol. The fraction of sp³-hybridized carbons (Fsp3) is 0.409. The van der Waals surface area contributed by atoms with Crippen molar-refractivity contribution in [2.75, 3.05) is 13.1 Å². The third-order valence-corrected chi connectivity index (χ3v) is 11.1. The molecule has 2 atom stereocenters. The van der Waals surface area contributed by atoms with Crippen LogP contribution in [0.2, 0.25) is 0 Å². The Labute approximate surface area is 324 Å². The second-order valence-corrected chi connectivity index (χ2v) is 14.7.